The van der Waals surface area contributed by atoms with E-state index in [9.17, 15) is 0 Å². The standard InChI is InChI=1S/C10H15N3.ClH/c1-7-5-4-6-8(2)9(7)13-10(11)12-3;/h4-6H,1-3H3,(H3,11,12,13);1H. The molecule has 0 radical (unpaired) electrons. The summed E-state index contributed by atoms with van der Waals surface area (Å²) in [5.74, 6) is 0.442. The number of hydrogen-bond donors (Lipinski definition) is 2. The van der Waals surface area contributed by atoms with E-state index in [0.29, 0.717) is 5.96 Å². The Hall–Kier alpha value is -1.22. The third-order valence-corrected chi connectivity index (χ3v) is 1.98. The van der Waals surface area contributed by atoms with E-state index in [2.05, 4.69) is 10.3 Å². The lowest BCUT2D eigenvalue weighted by Gasteiger charge is -2.10. The van der Waals surface area contributed by atoms with Crippen molar-refractivity contribution in [2.24, 2.45) is 10.7 Å². The molecule has 0 aliphatic carbocycles. The molecule has 0 aliphatic rings. The van der Waals surface area contributed by atoms with Crippen molar-refractivity contribution in [3.63, 3.8) is 0 Å². The van der Waals surface area contributed by atoms with Crippen molar-refractivity contribution in [1.29, 1.82) is 0 Å². The number of nitrogens with two attached hydrogens (primary N) is 1. The molecule has 0 aliphatic heterocycles. The van der Waals surface area contributed by atoms with Gasteiger partial charge in [0.05, 0.1) is 0 Å². The Morgan fingerprint density at radius 3 is 2.21 bits per heavy atom. The first-order chi connectivity index (χ1) is 6.15. The molecule has 0 atom stereocenters. The maximum atomic E-state index is 5.58. The number of nitrogens with zero attached hydrogens (tertiary/aromatic N) is 1. The van der Waals surface area contributed by atoms with Crippen LogP contribution in [0.1, 0.15) is 11.1 Å². The van der Waals surface area contributed by atoms with Crippen LogP contribution in [0.2, 0.25) is 0 Å². The molecule has 0 spiro atoms. The first kappa shape index (κ1) is 12.8. The van der Waals surface area contributed by atoms with Crippen LogP contribution in [0, 0.1) is 13.8 Å². The lowest BCUT2D eigenvalue weighted by Crippen LogP contribution is -2.23. The third-order valence-electron chi connectivity index (χ3n) is 1.98. The highest BCUT2D eigenvalue weighted by atomic mass is 35.5. The molecule has 3 N–H and O–H groups in total. The molecular weight excluding hydrogens is 198 g/mol. The molecule has 14 heavy (non-hydrogen) atoms. The average Bonchev–Trinajstić information content (AvgIpc) is 2.11. The molecule has 4 heteroatoms. The molecule has 78 valence electrons. The van der Waals surface area contributed by atoms with Crippen molar-refractivity contribution < 1.29 is 0 Å². The lowest BCUT2D eigenvalue weighted by molar-refractivity contribution is 1.33. The number of guanidine groups is 1. The third kappa shape index (κ3) is 2.92. The first-order valence-corrected chi connectivity index (χ1v) is 4.20. The Morgan fingerprint density at radius 2 is 1.79 bits per heavy atom. The highest BCUT2D eigenvalue weighted by Crippen LogP contribution is 2.18. The van der Waals surface area contributed by atoms with Crippen LogP contribution in [-0.4, -0.2) is 13.0 Å². The maximum absolute atomic E-state index is 5.58. The number of anilines is 1. The Bertz CT molecular complexity index is 314. The summed E-state index contributed by atoms with van der Waals surface area (Å²) in [7, 11) is 1.66. The summed E-state index contributed by atoms with van der Waals surface area (Å²) < 4.78 is 0. The summed E-state index contributed by atoms with van der Waals surface area (Å²) >= 11 is 0. The van der Waals surface area contributed by atoms with Gasteiger partial charge in [0.1, 0.15) is 0 Å². The van der Waals surface area contributed by atoms with E-state index in [4.69, 9.17) is 5.73 Å². The molecule has 1 aromatic rings. The van der Waals surface area contributed by atoms with Crippen molar-refractivity contribution >= 4 is 24.1 Å². The van der Waals surface area contributed by atoms with Gasteiger partial charge in [-0.05, 0) is 25.0 Å². The van der Waals surface area contributed by atoms with E-state index in [-0.39, 0.29) is 12.4 Å². The molecule has 3 nitrogen and oxygen atoms in total. The smallest absolute Gasteiger partial charge is 0.192 e. The fourth-order valence-corrected chi connectivity index (χ4v) is 1.20. The quantitative estimate of drug-likeness (QED) is 0.555. The molecule has 1 rings (SSSR count). The highest BCUT2D eigenvalue weighted by Gasteiger charge is 2.01. The monoisotopic (exact) mass is 213 g/mol. The van der Waals surface area contributed by atoms with Crippen molar-refractivity contribution in [2.75, 3.05) is 12.4 Å². The van der Waals surface area contributed by atoms with Gasteiger partial charge in [0.15, 0.2) is 5.96 Å². The zero-order valence-electron chi connectivity index (χ0n) is 8.66. The summed E-state index contributed by atoms with van der Waals surface area (Å²) in [6.07, 6.45) is 0. The fourth-order valence-electron chi connectivity index (χ4n) is 1.20. The number of hydrogen-bond acceptors (Lipinski definition) is 1. The molecule has 0 unspecified atom stereocenters. The molecule has 0 amide bonds. The molecular formula is C10H16ClN3. The van der Waals surface area contributed by atoms with Crippen LogP contribution in [0.4, 0.5) is 5.69 Å². The van der Waals surface area contributed by atoms with Gasteiger partial charge in [-0.15, -0.1) is 12.4 Å². The fraction of sp³-hybridized carbons (Fsp3) is 0.300. The minimum atomic E-state index is 0. The number of aryl methyl sites for hydroxylation is 2. The Labute approximate surface area is 90.8 Å². The van der Waals surface area contributed by atoms with E-state index >= 15 is 0 Å². The first-order valence-electron chi connectivity index (χ1n) is 4.20. The van der Waals surface area contributed by atoms with Crippen molar-refractivity contribution in [3.8, 4) is 0 Å². The number of nitrogens with one attached hydrogen (secondary N) is 1. The second-order valence-electron chi connectivity index (χ2n) is 3.00. The van der Waals surface area contributed by atoms with Crippen LogP contribution < -0.4 is 11.1 Å². The summed E-state index contributed by atoms with van der Waals surface area (Å²) in [5.41, 5.74) is 8.97. The minimum absolute atomic E-state index is 0. The SMILES string of the molecule is CN=C(N)Nc1c(C)cccc1C.Cl. The summed E-state index contributed by atoms with van der Waals surface area (Å²) in [5, 5.41) is 3.06. The largest absolute Gasteiger partial charge is 0.370 e. The Morgan fingerprint density at radius 1 is 1.29 bits per heavy atom. The number of para-hydroxylation sites is 1. The molecule has 0 fully saturated rings. The van der Waals surface area contributed by atoms with Crippen molar-refractivity contribution in [1.82, 2.24) is 0 Å². The normalized spacial score (nSPS) is 10.6. The van der Waals surface area contributed by atoms with E-state index in [1.54, 1.807) is 7.05 Å². The van der Waals surface area contributed by atoms with Gasteiger partial charge in [-0.3, -0.25) is 4.99 Å². The van der Waals surface area contributed by atoms with Crippen molar-refractivity contribution in [3.05, 3.63) is 29.3 Å². The van der Waals surface area contributed by atoms with Crippen molar-refractivity contribution in [2.45, 2.75) is 13.8 Å². The van der Waals surface area contributed by atoms with E-state index in [1.165, 1.54) is 11.1 Å². The predicted octanol–water partition coefficient (Wildman–Crippen LogP) is 2.08. The zero-order valence-corrected chi connectivity index (χ0v) is 9.48. The topological polar surface area (TPSA) is 50.4 Å². The van der Waals surface area contributed by atoms with E-state index < -0.39 is 0 Å². The average molecular weight is 214 g/mol. The molecule has 0 heterocycles. The van der Waals surface area contributed by atoms with Gasteiger partial charge in [-0.1, -0.05) is 18.2 Å². The highest BCUT2D eigenvalue weighted by molar-refractivity contribution is 5.93. The van der Waals surface area contributed by atoms with Gasteiger partial charge in [0.2, 0.25) is 0 Å². The van der Waals surface area contributed by atoms with Crippen LogP contribution >= 0.6 is 12.4 Å². The molecule has 0 aromatic heterocycles. The van der Waals surface area contributed by atoms with E-state index in [0.717, 1.165) is 5.69 Å². The number of halogens is 1. The lowest BCUT2D eigenvalue weighted by atomic mass is 10.1. The van der Waals surface area contributed by atoms with Crippen LogP contribution in [0.3, 0.4) is 0 Å². The molecule has 0 bridgehead atoms. The predicted molar refractivity (Wildman–Crippen MR) is 64.3 cm³/mol. The zero-order chi connectivity index (χ0) is 9.84. The van der Waals surface area contributed by atoms with Gasteiger partial charge in [-0.2, -0.15) is 0 Å². The van der Waals surface area contributed by atoms with Crippen LogP contribution in [0.5, 0.6) is 0 Å². The summed E-state index contributed by atoms with van der Waals surface area (Å²) in [6, 6.07) is 6.10. The van der Waals surface area contributed by atoms with Gasteiger partial charge in [0, 0.05) is 12.7 Å². The van der Waals surface area contributed by atoms with Crippen LogP contribution in [0.25, 0.3) is 0 Å². The minimum Gasteiger partial charge on any atom is -0.370 e. The maximum Gasteiger partial charge on any atom is 0.192 e. The summed E-state index contributed by atoms with van der Waals surface area (Å²) in [6.45, 7) is 4.08. The van der Waals surface area contributed by atoms with Gasteiger partial charge < -0.3 is 11.1 Å². The van der Waals surface area contributed by atoms with Gasteiger partial charge >= 0.3 is 0 Å². The number of benzene rings is 1. The second-order valence-corrected chi connectivity index (χ2v) is 3.00. The Kier molecular flexibility index (Phi) is 5.02. The molecule has 0 saturated heterocycles. The van der Waals surface area contributed by atoms with Gasteiger partial charge in [0.25, 0.3) is 0 Å². The number of rotatable bonds is 1. The Balaban J connectivity index is 0.00000169. The van der Waals surface area contributed by atoms with Crippen LogP contribution in [0.15, 0.2) is 23.2 Å². The van der Waals surface area contributed by atoms with Crippen LogP contribution in [-0.2, 0) is 0 Å². The van der Waals surface area contributed by atoms with E-state index in [1.807, 2.05) is 32.0 Å². The molecule has 1 aromatic carbocycles. The molecule has 0 saturated carbocycles. The van der Waals surface area contributed by atoms with Gasteiger partial charge in [-0.25, -0.2) is 0 Å². The second kappa shape index (κ2) is 5.50. The number of aliphatic imine (C=N–C) groups is 1. The summed E-state index contributed by atoms with van der Waals surface area (Å²) in [4.78, 5) is 3.85.